The largest absolute Gasteiger partial charge is 0.390 e. The highest BCUT2D eigenvalue weighted by Gasteiger charge is 2.25. The molecule has 0 spiro atoms. The Balaban J connectivity index is 1.80. The van der Waals surface area contributed by atoms with Gasteiger partial charge in [-0.25, -0.2) is 0 Å². The molecule has 3 heterocycles. The summed E-state index contributed by atoms with van der Waals surface area (Å²) in [7, 11) is 0. The highest BCUT2D eigenvalue weighted by molar-refractivity contribution is 7.16. The molecule has 20 heavy (non-hydrogen) atoms. The van der Waals surface area contributed by atoms with Crippen molar-refractivity contribution in [2.75, 3.05) is 5.73 Å². The van der Waals surface area contributed by atoms with Gasteiger partial charge in [0.1, 0.15) is 0 Å². The number of nitrogens with zero attached hydrogens (tertiary/aromatic N) is 3. The molecule has 3 aromatic rings. The minimum Gasteiger partial charge on any atom is -0.390 e. The molecule has 4 rings (SSSR count). The van der Waals surface area contributed by atoms with Crippen molar-refractivity contribution in [3.05, 3.63) is 35.0 Å². The molecule has 1 aliphatic carbocycles. The Hall–Kier alpha value is -2.21. The number of anilines is 1. The van der Waals surface area contributed by atoms with Gasteiger partial charge in [0.15, 0.2) is 0 Å². The van der Waals surface area contributed by atoms with E-state index >= 15 is 0 Å². The molecule has 100 valence electrons. The molecule has 0 unspecified atom stereocenters. The topological polar surface area (TPSA) is 77.8 Å². The fraction of sp³-hybridized carbons (Fsp3) is 0.214. The number of hydrogen-bond acceptors (Lipinski definition) is 6. The van der Waals surface area contributed by atoms with Crippen LogP contribution >= 0.6 is 11.3 Å². The van der Waals surface area contributed by atoms with Crippen molar-refractivity contribution in [2.24, 2.45) is 0 Å². The molecular formula is C14H12N4OS. The van der Waals surface area contributed by atoms with E-state index in [1.54, 1.807) is 23.7 Å². The average Bonchev–Trinajstić information content (AvgIpc) is 3.15. The maximum Gasteiger partial charge on any atom is 0.261 e. The fourth-order valence-corrected chi connectivity index (χ4v) is 3.75. The van der Waals surface area contributed by atoms with E-state index in [2.05, 4.69) is 15.1 Å². The number of pyridine rings is 1. The van der Waals surface area contributed by atoms with Crippen molar-refractivity contribution in [1.82, 2.24) is 15.1 Å². The first-order chi connectivity index (χ1) is 9.83. The number of nitrogen functional groups attached to an aromatic ring is 1. The van der Waals surface area contributed by atoms with Crippen LogP contribution in [-0.4, -0.2) is 15.1 Å². The smallest absolute Gasteiger partial charge is 0.261 e. The van der Waals surface area contributed by atoms with Crippen LogP contribution in [0.4, 0.5) is 5.00 Å². The SMILES string of the molecule is Nc1sc2c(c1-c1nc(-c3cccnc3)no1)CCC2. The van der Waals surface area contributed by atoms with Crippen LogP contribution < -0.4 is 5.73 Å². The summed E-state index contributed by atoms with van der Waals surface area (Å²) in [5.41, 5.74) is 9.17. The van der Waals surface area contributed by atoms with Gasteiger partial charge in [-0.1, -0.05) is 5.16 Å². The van der Waals surface area contributed by atoms with Gasteiger partial charge in [-0.3, -0.25) is 4.98 Å². The lowest BCUT2D eigenvalue weighted by Gasteiger charge is -1.96. The van der Waals surface area contributed by atoms with Gasteiger partial charge >= 0.3 is 0 Å². The number of aromatic nitrogens is 3. The summed E-state index contributed by atoms with van der Waals surface area (Å²) in [6, 6.07) is 3.76. The van der Waals surface area contributed by atoms with Gasteiger partial charge in [-0.05, 0) is 37.0 Å². The number of fused-ring (bicyclic) bond motifs is 1. The summed E-state index contributed by atoms with van der Waals surface area (Å²) in [6.45, 7) is 0. The van der Waals surface area contributed by atoms with Crippen LogP contribution in [0.3, 0.4) is 0 Å². The van der Waals surface area contributed by atoms with Crippen LogP contribution in [0.1, 0.15) is 16.9 Å². The normalized spacial score (nSPS) is 13.6. The summed E-state index contributed by atoms with van der Waals surface area (Å²) in [5.74, 6) is 1.06. The second-order valence-corrected chi connectivity index (χ2v) is 5.90. The van der Waals surface area contributed by atoms with Gasteiger partial charge < -0.3 is 10.3 Å². The van der Waals surface area contributed by atoms with Crippen molar-refractivity contribution >= 4 is 16.3 Å². The number of nitrogens with two attached hydrogens (primary N) is 1. The predicted molar refractivity (Wildman–Crippen MR) is 77.3 cm³/mol. The maximum absolute atomic E-state index is 6.11. The van der Waals surface area contributed by atoms with Crippen LogP contribution in [0, 0.1) is 0 Å². The molecule has 0 radical (unpaired) electrons. The van der Waals surface area contributed by atoms with Crippen LogP contribution in [0.5, 0.6) is 0 Å². The zero-order valence-electron chi connectivity index (χ0n) is 10.7. The Kier molecular flexibility index (Phi) is 2.56. The Morgan fingerprint density at radius 2 is 2.25 bits per heavy atom. The average molecular weight is 284 g/mol. The molecule has 2 N–H and O–H groups in total. The highest BCUT2D eigenvalue weighted by atomic mass is 32.1. The first-order valence-corrected chi connectivity index (χ1v) is 7.29. The van der Waals surface area contributed by atoms with Crippen molar-refractivity contribution in [2.45, 2.75) is 19.3 Å². The highest BCUT2D eigenvalue weighted by Crippen LogP contribution is 2.43. The summed E-state index contributed by atoms with van der Waals surface area (Å²) < 4.78 is 5.41. The van der Waals surface area contributed by atoms with Gasteiger partial charge in [0.25, 0.3) is 5.89 Å². The van der Waals surface area contributed by atoms with E-state index < -0.39 is 0 Å². The first-order valence-electron chi connectivity index (χ1n) is 6.47. The number of rotatable bonds is 2. The Labute approximate surface area is 119 Å². The molecule has 0 bridgehead atoms. The zero-order valence-corrected chi connectivity index (χ0v) is 11.5. The Bertz CT molecular complexity index is 763. The summed E-state index contributed by atoms with van der Waals surface area (Å²) in [6.07, 6.45) is 6.76. The maximum atomic E-state index is 6.11. The Morgan fingerprint density at radius 1 is 1.30 bits per heavy atom. The molecule has 6 heteroatoms. The summed E-state index contributed by atoms with van der Waals surface area (Å²) in [4.78, 5) is 9.89. The minimum atomic E-state index is 0.515. The monoisotopic (exact) mass is 284 g/mol. The third-order valence-electron chi connectivity index (χ3n) is 3.51. The van der Waals surface area contributed by atoms with E-state index in [0.717, 1.165) is 29.0 Å². The zero-order chi connectivity index (χ0) is 13.5. The molecule has 5 nitrogen and oxygen atoms in total. The molecule has 3 aromatic heterocycles. The summed E-state index contributed by atoms with van der Waals surface area (Å²) in [5, 5.41) is 4.81. The van der Waals surface area contributed by atoms with Crippen LogP contribution in [0.2, 0.25) is 0 Å². The molecule has 0 aliphatic heterocycles. The van der Waals surface area contributed by atoms with Crippen LogP contribution in [0.15, 0.2) is 29.0 Å². The quantitative estimate of drug-likeness (QED) is 0.782. The van der Waals surface area contributed by atoms with Gasteiger partial charge in [0, 0.05) is 22.8 Å². The number of hydrogen-bond donors (Lipinski definition) is 1. The third-order valence-corrected chi connectivity index (χ3v) is 4.63. The minimum absolute atomic E-state index is 0.515. The second-order valence-electron chi connectivity index (χ2n) is 4.76. The third kappa shape index (κ3) is 1.72. The molecule has 0 amide bonds. The van der Waals surface area contributed by atoms with E-state index in [9.17, 15) is 0 Å². The van der Waals surface area contributed by atoms with Gasteiger partial charge in [-0.2, -0.15) is 4.98 Å². The van der Waals surface area contributed by atoms with E-state index in [4.69, 9.17) is 10.3 Å². The fourth-order valence-electron chi connectivity index (χ4n) is 2.60. The number of aryl methyl sites for hydroxylation is 1. The predicted octanol–water partition coefficient (Wildman–Crippen LogP) is 2.93. The van der Waals surface area contributed by atoms with Crippen molar-refractivity contribution < 1.29 is 4.52 Å². The van der Waals surface area contributed by atoms with E-state index in [-0.39, 0.29) is 0 Å². The van der Waals surface area contributed by atoms with Crippen molar-refractivity contribution in [3.8, 4) is 22.8 Å². The second kappa shape index (κ2) is 4.42. The first kappa shape index (κ1) is 11.6. The van der Waals surface area contributed by atoms with Gasteiger partial charge in [0.2, 0.25) is 5.82 Å². The summed E-state index contributed by atoms with van der Waals surface area (Å²) >= 11 is 1.64. The molecule has 0 saturated heterocycles. The molecule has 0 aromatic carbocycles. The Morgan fingerprint density at radius 3 is 3.10 bits per heavy atom. The van der Waals surface area contributed by atoms with E-state index in [0.29, 0.717) is 11.7 Å². The molecular weight excluding hydrogens is 272 g/mol. The standard InChI is InChI=1S/C14H12N4OS/c15-12-11(9-4-1-5-10(9)20-12)14-17-13(18-19-14)8-3-2-6-16-7-8/h2-3,6-7H,1,4-5,15H2. The lowest BCUT2D eigenvalue weighted by Crippen LogP contribution is -1.88. The molecule has 0 saturated carbocycles. The van der Waals surface area contributed by atoms with Crippen LogP contribution in [0.25, 0.3) is 22.8 Å². The van der Waals surface area contributed by atoms with Crippen molar-refractivity contribution in [3.63, 3.8) is 0 Å². The van der Waals surface area contributed by atoms with Crippen LogP contribution in [-0.2, 0) is 12.8 Å². The lowest BCUT2D eigenvalue weighted by molar-refractivity contribution is 0.432. The van der Waals surface area contributed by atoms with Gasteiger partial charge in [-0.15, -0.1) is 11.3 Å². The van der Waals surface area contributed by atoms with Gasteiger partial charge in [0.05, 0.1) is 10.6 Å². The van der Waals surface area contributed by atoms with E-state index in [1.165, 1.54) is 16.9 Å². The molecule has 1 aliphatic rings. The number of thiophene rings is 1. The molecule has 0 atom stereocenters. The molecule has 0 fully saturated rings. The lowest BCUT2D eigenvalue weighted by atomic mass is 10.1. The van der Waals surface area contributed by atoms with E-state index in [1.807, 2.05) is 12.1 Å². The van der Waals surface area contributed by atoms with Crippen molar-refractivity contribution in [1.29, 1.82) is 0 Å².